The summed E-state index contributed by atoms with van der Waals surface area (Å²) in [5.74, 6) is 0. The minimum atomic E-state index is -0.504. The number of hydrogen-bond acceptors (Lipinski definition) is 2. The van der Waals surface area contributed by atoms with Gasteiger partial charge >= 0.3 is 0 Å². The first kappa shape index (κ1) is 11.9. The quantitative estimate of drug-likeness (QED) is 0.770. The van der Waals surface area contributed by atoms with Crippen LogP contribution in [-0.2, 0) is 6.42 Å². The van der Waals surface area contributed by atoms with Crippen molar-refractivity contribution in [3.05, 3.63) is 78.0 Å². The molecule has 0 aliphatic heterocycles. The Hall–Kier alpha value is -2.19. The average molecular weight is 249 g/mol. The molecule has 3 aromatic rings. The van der Waals surface area contributed by atoms with Gasteiger partial charge in [0, 0.05) is 18.0 Å². The molecule has 3 rings (SSSR count). The van der Waals surface area contributed by atoms with Crippen molar-refractivity contribution < 1.29 is 5.11 Å². The molecule has 1 heterocycles. The fraction of sp³-hybridized carbons (Fsp3) is 0.118. The van der Waals surface area contributed by atoms with Gasteiger partial charge in [-0.2, -0.15) is 0 Å². The highest BCUT2D eigenvalue weighted by molar-refractivity contribution is 5.82. The molecule has 1 atom stereocenters. The van der Waals surface area contributed by atoms with Gasteiger partial charge in [-0.1, -0.05) is 48.5 Å². The smallest absolute Gasteiger partial charge is 0.0837 e. The normalized spacial score (nSPS) is 12.5. The lowest BCUT2D eigenvalue weighted by molar-refractivity contribution is 0.180. The fourth-order valence-corrected chi connectivity index (χ4v) is 2.36. The predicted molar refractivity (Wildman–Crippen MR) is 76.8 cm³/mol. The van der Waals surface area contributed by atoms with E-state index in [9.17, 15) is 5.11 Å². The van der Waals surface area contributed by atoms with Crippen LogP contribution in [0.5, 0.6) is 0 Å². The topological polar surface area (TPSA) is 33.1 Å². The minimum absolute atomic E-state index is 0.504. The zero-order valence-corrected chi connectivity index (χ0v) is 10.5. The van der Waals surface area contributed by atoms with Crippen molar-refractivity contribution >= 4 is 10.9 Å². The van der Waals surface area contributed by atoms with Crippen molar-refractivity contribution in [2.24, 2.45) is 0 Å². The van der Waals surface area contributed by atoms with Gasteiger partial charge in [0.2, 0.25) is 0 Å². The Morgan fingerprint density at radius 2 is 1.63 bits per heavy atom. The molecule has 19 heavy (non-hydrogen) atoms. The standard InChI is InChI=1S/C17H15NO/c19-17(12-13-6-2-1-3-7-13)15-10-11-18-16-9-5-4-8-14(15)16/h1-11,17,19H,12H2. The maximum atomic E-state index is 10.4. The van der Waals surface area contributed by atoms with Gasteiger partial charge in [-0.25, -0.2) is 0 Å². The third kappa shape index (κ3) is 2.49. The summed E-state index contributed by atoms with van der Waals surface area (Å²) in [6, 6.07) is 19.8. The summed E-state index contributed by atoms with van der Waals surface area (Å²) < 4.78 is 0. The van der Waals surface area contributed by atoms with Crippen molar-refractivity contribution in [3.63, 3.8) is 0 Å². The van der Waals surface area contributed by atoms with Crippen LogP contribution in [0.2, 0.25) is 0 Å². The minimum Gasteiger partial charge on any atom is -0.388 e. The molecule has 0 saturated carbocycles. The largest absolute Gasteiger partial charge is 0.388 e. The number of aliphatic hydroxyl groups excluding tert-OH is 1. The number of aliphatic hydroxyl groups is 1. The second-order valence-corrected chi connectivity index (χ2v) is 4.62. The Labute approximate surface area is 112 Å². The van der Waals surface area contributed by atoms with Gasteiger partial charge in [0.1, 0.15) is 0 Å². The van der Waals surface area contributed by atoms with Crippen LogP contribution in [-0.4, -0.2) is 10.1 Å². The van der Waals surface area contributed by atoms with E-state index in [0.717, 1.165) is 22.0 Å². The van der Waals surface area contributed by atoms with Crippen LogP contribution in [0.15, 0.2) is 66.9 Å². The van der Waals surface area contributed by atoms with Gasteiger partial charge in [-0.15, -0.1) is 0 Å². The Morgan fingerprint density at radius 3 is 2.47 bits per heavy atom. The van der Waals surface area contributed by atoms with Crippen molar-refractivity contribution in [3.8, 4) is 0 Å². The van der Waals surface area contributed by atoms with E-state index in [4.69, 9.17) is 0 Å². The van der Waals surface area contributed by atoms with E-state index >= 15 is 0 Å². The fourth-order valence-electron chi connectivity index (χ4n) is 2.36. The number of pyridine rings is 1. The lowest BCUT2D eigenvalue weighted by Crippen LogP contribution is -2.03. The van der Waals surface area contributed by atoms with Gasteiger partial charge in [0.25, 0.3) is 0 Å². The molecule has 2 nitrogen and oxygen atoms in total. The van der Waals surface area contributed by atoms with Gasteiger partial charge in [-0.05, 0) is 23.3 Å². The third-order valence-electron chi connectivity index (χ3n) is 3.31. The average Bonchev–Trinajstić information content (AvgIpc) is 2.47. The molecule has 0 fully saturated rings. The molecule has 1 N–H and O–H groups in total. The zero-order valence-electron chi connectivity index (χ0n) is 10.5. The predicted octanol–water partition coefficient (Wildman–Crippen LogP) is 3.51. The van der Waals surface area contributed by atoms with E-state index in [1.54, 1.807) is 6.20 Å². The highest BCUT2D eigenvalue weighted by Gasteiger charge is 2.11. The monoisotopic (exact) mass is 249 g/mol. The molecule has 2 aromatic carbocycles. The highest BCUT2D eigenvalue weighted by atomic mass is 16.3. The number of fused-ring (bicyclic) bond motifs is 1. The maximum Gasteiger partial charge on any atom is 0.0837 e. The van der Waals surface area contributed by atoms with Gasteiger partial charge in [0.15, 0.2) is 0 Å². The second kappa shape index (κ2) is 5.21. The van der Waals surface area contributed by atoms with Crippen LogP contribution in [0.1, 0.15) is 17.2 Å². The first-order valence-electron chi connectivity index (χ1n) is 6.40. The number of aromatic nitrogens is 1. The Kier molecular flexibility index (Phi) is 3.25. The zero-order chi connectivity index (χ0) is 13.1. The summed E-state index contributed by atoms with van der Waals surface area (Å²) in [6.07, 6.45) is 1.87. The van der Waals surface area contributed by atoms with Crippen molar-refractivity contribution in [2.75, 3.05) is 0 Å². The molecule has 0 aliphatic rings. The van der Waals surface area contributed by atoms with Crippen LogP contribution < -0.4 is 0 Å². The van der Waals surface area contributed by atoms with E-state index in [1.807, 2.05) is 60.7 Å². The lowest BCUT2D eigenvalue weighted by atomic mass is 9.98. The second-order valence-electron chi connectivity index (χ2n) is 4.62. The van der Waals surface area contributed by atoms with Crippen LogP contribution in [0.4, 0.5) is 0 Å². The Morgan fingerprint density at radius 1 is 0.895 bits per heavy atom. The number of rotatable bonds is 3. The Balaban J connectivity index is 1.96. The molecule has 1 unspecified atom stereocenters. The molecule has 0 saturated heterocycles. The molecule has 1 aromatic heterocycles. The molecule has 94 valence electrons. The molecule has 2 heteroatoms. The van der Waals surface area contributed by atoms with Gasteiger partial charge in [0.05, 0.1) is 11.6 Å². The number of para-hydroxylation sites is 1. The number of benzene rings is 2. The summed E-state index contributed by atoms with van der Waals surface area (Å²) in [5.41, 5.74) is 3.00. The van der Waals surface area contributed by atoms with Crippen LogP contribution in [0.25, 0.3) is 10.9 Å². The SMILES string of the molecule is OC(Cc1ccccc1)c1ccnc2ccccc12. The molecule has 0 spiro atoms. The molecule has 0 amide bonds. The highest BCUT2D eigenvalue weighted by Crippen LogP contribution is 2.25. The summed E-state index contributed by atoms with van der Waals surface area (Å²) in [6.45, 7) is 0. The van der Waals surface area contributed by atoms with E-state index in [-0.39, 0.29) is 0 Å². The summed E-state index contributed by atoms with van der Waals surface area (Å²) in [7, 11) is 0. The van der Waals surface area contributed by atoms with Crippen molar-refractivity contribution in [2.45, 2.75) is 12.5 Å². The van der Waals surface area contributed by atoms with E-state index in [0.29, 0.717) is 6.42 Å². The summed E-state index contributed by atoms with van der Waals surface area (Å²) >= 11 is 0. The molecular weight excluding hydrogens is 234 g/mol. The Bertz CT molecular complexity index is 674. The van der Waals surface area contributed by atoms with E-state index in [2.05, 4.69) is 4.98 Å². The lowest BCUT2D eigenvalue weighted by Gasteiger charge is -2.13. The molecule has 0 bridgehead atoms. The number of nitrogens with zero attached hydrogens (tertiary/aromatic N) is 1. The molecular formula is C17H15NO. The van der Waals surface area contributed by atoms with Crippen LogP contribution in [0.3, 0.4) is 0 Å². The van der Waals surface area contributed by atoms with Crippen LogP contribution >= 0.6 is 0 Å². The summed E-state index contributed by atoms with van der Waals surface area (Å²) in [4.78, 5) is 4.32. The van der Waals surface area contributed by atoms with Crippen molar-refractivity contribution in [1.29, 1.82) is 0 Å². The molecule has 0 aliphatic carbocycles. The van der Waals surface area contributed by atoms with E-state index < -0.39 is 6.10 Å². The van der Waals surface area contributed by atoms with Gasteiger partial charge in [-0.3, -0.25) is 4.98 Å². The van der Waals surface area contributed by atoms with Crippen LogP contribution in [0, 0.1) is 0 Å². The third-order valence-corrected chi connectivity index (χ3v) is 3.31. The maximum absolute atomic E-state index is 10.4. The van der Waals surface area contributed by atoms with Crippen molar-refractivity contribution in [1.82, 2.24) is 4.98 Å². The summed E-state index contributed by atoms with van der Waals surface area (Å²) in [5, 5.41) is 11.5. The first-order chi connectivity index (χ1) is 9.34. The van der Waals surface area contributed by atoms with E-state index in [1.165, 1.54) is 0 Å². The number of hydrogen-bond donors (Lipinski definition) is 1. The van der Waals surface area contributed by atoms with Gasteiger partial charge < -0.3 is 5.11 Å². The molecule has 0 radical (unpaired) electrons. The first-order valence-corrected chi connectivity index (χ1v) is 6.40.